The molecule has 0 aliphatic heterocycles. The van der Waals surface area contributed by atoms with Crippen LogP contribution in [0.4, 0.5) is 0 Å². The van der Waals surface area contributed by atoms with Gasteiger partial charge in [0.15, 0.2) is 0 Å². The van der Waals surface area contributed by atoms with Gasteiger partial charge >= 0.3 is 5.97 Å². The molecule has 0 saturated heterocycles. The van der Waals surface area contributed by atoms with E-state index in [4.69, 9.17) is 9.84 Å². The zero-order valence-corrected chi connectivity index (χ0v) is 11.0. The third-order valence-electron chi connectivity index (χ3n) is 3.09. The molecule has 0 amide bonds. The molecule has 0 heterocycles. The Morgan fingerprint density at radius 2 is 1.89 bits per heavy atom. The van der Waals surface area contributed by atoms with Crippen LogP contribution in [0.15, 0.2) is 42.5 Å². The number of methoxy groups -OCH3 is 1. The third-order valence-corrected chi connectivity index (χ3v) is 3.09. The molecule has 0 atom stereocenters. The van der Waals surface area contributed by atoms with Crippen molar-refractivity contribution >= 4 is 5.97 Å². The molecule has 0 unspecified atom stereocenters. The van der Waals surface area contributed by atoms with Gasteiger partial charge in [-0.3, -0.25) is 0 Å². The second-order valence-corrected chi connectivity index (χ2v) is 4.38. The summed E-state index contributed by atoms with van der Waals surface area (Å²) in [6, 6.07) is 13.3. The summed E-state index contributed by atoms with van der Waals surface area (Å²) in [6.07, 6.45) is 0. The molecule has 0 radical (unpaired) electrons. The van der Waals surface area contributed by atoms with Crippen LogP contribution in [0.2, 0.25) is 0 Å². The smallest absolute Gasteiger partial charge is 0.338 e. The highest BCUT2D eigenvalue weighted by Gasteiger charge is 2.10. The Balaban J connectivity index is 2.48. The number of carbonyl (C=O) groups is 1. The molecule has 2 rings (SSSR count). The maximum Gasteiger partial charge on any atom is 0.338 e. The molecule has 3 heteroatoms. The van der Waals surface area contributed by atoms with Gasteiger partial charge in [-0.05, 0) is 41.3 Å². The number of aliphatic hydroxyl groups is 1. The van der Waals surface area contributed by atoms with Gasteiger partial charge < -0.3 is 9.84 Å². The second-order valence-electron chi connectivity index (χ2n) is 4.38. The molecule has 0 spiro atoms. The molecule has 98 valence electrons. The third kappa shape index (κ3) is 2.83. The van der Waals surface area contributed by atoms with Gasteiger partial charge in [-0.25, -0.2) is 4.79 Å². The van der Waals surface area contributed by atoms with Crippen molar-refractivity contribution in [2.24, 2.45) is 0 Å². The SMILES string of the molecule is COC(=O)c1cc(-c2cccc(CO)c2)ccc1C. The molecule has 0 bridgehead atoms. The van der Waals surface area contributed by atoms with E-state index in [1.165, 1.54) is 7.11 Å². The molecule has 0 aliphatic carbocycles. The van der Waals surface area contributed by atoms with E-state index in [2.05, 4.69) is 0 Å². The van der Waals surface area contributed by atoms with E-state index in [1.807, 2.05) is 49.4 Å². The summed E-state index contributed by atoms with van der Waals surface area (Å²) >= 11 is 0. The fourth-order valence-electron chi connectivity index (χ4n) is 1.98. The van der Waals surface area contributed by atoms with E-state index in [0.29, 0.717) is 5.56 Å². The molecule has 2 aromatic carbocycles. The minimum Gasteiger partial charge on any atom is -0.465 e. The van der Waals surface area contributed by atoms with Crippen molar-refractivity contribution in [3.8, 4) is 11.1 Å². The lowest BCUT2D eigenvalue weighted by molar-refractivity contribution is 0.0600. The number of hydrogen-bond acceptors (Lipinski definition) is 3. The van der Waals surface area contributed by atoms with Crippen molar-refractivity contribution in [2.45, 2.75) is 13.5 Å². The van der Waals surface area contributed by atoms with Crippen LogP contribution >= 0.6 is 0 Å². The summed E-state index contributed by atoms with van der Waals surface area (Å²) in [5, 5.41) is 9.16. The molecule has 19 heavy (non-hydrogen) atoms. The Bertz CT molecular complexity index is 603. The van der Waals surface area contributed by atoms with Gasteiger partial charge in [0.1, 0.15) is 0 Å². The quantitative estimate of drug-likeness (QED) is 0.859. The lowest BCUT2D eigenvalue weighted by Gasteiger charge is -2.08. The monoisotopic (exact) mass is 256 g/mol. The Hall–Kier alpha value is -2.13. The van der Waals surface area contributed by atoms with Crippen LogP contribution in [0.5, 0.6) is 0 Å². The van der Waals surface area contributed by atoms with Crippen molar-refractivity contribution in [1.29, 1.82) is 0 Å². The normalized spacial score (nSPS) is 10.3. The highest BCUT2D eigenvalue weighted by molar-refractivity contribution is 5.92. The molecular weight excluding hydrogens is 240 g/mol. The number of rotatable bonds is 3. The molecule has 1 N–H and O–H groups in total. The highest BCUT2D eigenvalue weighted by Crippen LogP contribution is 2.24. The predicted molar refractivity (Wildman–Crippen MR) is 73.9 cm³/mol. The zero-order valence-electron chi connectivity index (χ0n) is 11.0. The van der Waals surface area contributed by atoms with Crippen LogP contribution in [0.25, 0.3) is 11.1 Å². The molecular formula is C16H16O3. The number of aliphatic hydroxyl groups excluding tert-OH is 1. The number of esters is 1. The Morgan fingerprint density at radius 3 is 2.58 bits per heavy atom. The van der Waals surface area contributed by atoms with Crippen LogP contribution in [0.3, 0.4) is 0 Å². The average molecular weight is 256 g/mol. The van der Waals surface area contributed by atoms with E-state index in [0.717, 1.165) is 22.3 Å². The molecule has 0 saturated carbocycles. The van der Waals surface area contributed by atoms with Gasteiger partial charge in [0, 0.05) is 0 Å². The summed E-state index contributed by atoms with van der Waals surface area (Å²) in [5.41, 5.74) is 4.19. The average Bonchev–Trinajstić information content (AvgIpc) is 2.47. The minimum atomic E-state index is -0.335. The van der Waals surface area contributed by atoms with Crippen LogP contribution in [0.1, 0.15) is 21.5 Å². The number of benzene rings is 2. The maximum atomic E-state index is 11.7. The van der Waals surface area contributed by atoms with Gasteiger partial charge in [0.2, 0.25) is 0 Å². The first kappa shape index (κ1) is 13.3. The number of aryl methyl sites for hydroxylation is 1. The molecule has 0 fully saturated rings. The van der Waals surface area contributed by atoms with Gasteiger partial charge in [-0.1, -0.05) is 30.3 Å². The van der Waals surface area contributed by atoms with Crippen LogP contribution in [0, 0.1) is 6.92 Å². The van der Waals surface area contributed by atoms with Crippen molar-refractivity contribution in [1.82, 2.24) is 0 Å². The highest BCUT2D eigenvalue weighted by atomic mass is 16.5. The zero-order chi connectivity index (χ0) is 13.8. The Labute approximate surface area is 112 Å². The Kier molecular flexibility index (Phi) is 3.97. The van der Waals surface area contributed by atoms with E-state index >= 15 is 0 Å². The summed E-state index contributed by atoms with van der Waals surface area (Å²) in [4.78, 5) is 11.7. The van der Waals surface area contributed by atoms with E-state index < -0.39 is 0 Å². The van der Waals surface area contributed by atoms with Crippen LogP contribution < -0.4 is 0 Å². The first-order valence-corrected chi connectivity index (χ1v) is 6.05. The summed E-state index contributed by atoms with van der Waals surface area (Å²) in [6.45, 7) is 1.88. The van der Waals surface area contributed by atoms with Gasteiger partial charge in [0.25, 0.3) is 0 Å². The lowest BCUT2D eigenvalue weighted by Crippen LogP contribution is -2.03. The van der Waals surface area contributed by atoms with Crippen LogP contribution in [-0.2, 0) is 11.3 Å². The second kappa shape index (κ2) is 5.67. The molecule has 3 nitrogen and oxygen atoms in total. The topological polar surface area (TPSA) is 46.5 Å². The van der Waals surface area contributed by atoms with Crippen LogP contribution in [-0.4, -0.2) is 18.2 Å². The standard InChI is InChI=1S/C16H16O3/c1-11-6-7-14(9-15(11)16(18)19-2)13-5-3-4-12(8-13)10-17/h3-9,17H,10H2,1-2H3. The molecule has 0 aromatic heterocycles. The summed E-state index contributed by atoms with van der Waals surface area (Å²) in [5.74, 6) is -0.335. The van der Waals surface area contributed by atoms with Gasteiger partial charge in [-0.2, -0.15) is 0 Å². The van der Waals surface area contributed by atoms with Crippen molar-refractivity contribution in [3.05, 3.63) is 59.2 Å². The number of ether oxygens (including phenoxy) is 1. The predicted octanol–water partition coefficient (Wildman–Crippen LogP) is 2.94. The van der Waals surface area contributed by atoms with E-state index in [9.17, 15) is 4.79 Å². The number of hydrogen-bond donors (Lipinski definition) is 1. The molecule has 2 aromatic rings. The van der Waals surface area contributed by atoms with Gasteiger partial charge in [0.05, 0.1) is 19.3 Å². The fourth-order valence-corrected chi connectivity index (χ4v) is 1.98. The minimum absolute atomic E-state index is 0.00353. The Morgan fingerprint density at radius 1 is 1.16 bits per heavy atom. The first-order valence-electron chi connectivity index (χ1n) is 6.05. The maximum absolute atomic E-state index is 11.7. The first-order chi connectivity index (χ1) is 9.15. The largest absolute Gasteiger partial charge is 0.465 e. The van der Waals surface area contributed by atoms with Gasteiger partial charge in [-0.15, -0.1) is 0 Å². The summed E-state index contributed by atoms with van der Waals surface area (Å²) in [7, 11) is 1.38. The number of carbonyl (C=O) groups excluding carboxylic acids is 1. The summed E-state index contributed by atoms with van der Waals surface area (Å²) < 4.78 is 4.77. The van der Waals surface area contributed by atoms with Crippen molar-refractivity contribution in [2.75, 3.05) is 7.11 Å². The van der Waals surface area contributed by atoms with E-state index in [-0.39, 0.29) is 12.6 Å². The molecule has 0 aliphatic rings. The fraction of sp³-hybridized carbons (Fsp3) is 0.188. The van der Waals surface area contributed by atoms with Crippen molar-refractivity contribution < 1.29 is 14.6 Å². The lowest BCUT2D eigenvalue weighted by atomic mass is 9.98. The van der Waals surface area contributed by atoms with Crippen molar-refractivity contribution in [3.63, 3.8) is 0 Å². The van der Waals surface area contributed by atoms with E-state index in [1.54, 1.807) is 0 Å².